The number of carbonyl (C=O) groups is 2. The fraction of sp³-hybridized carbons (Fsp3) is 0.300. The third-order valence-corrected chi connectivity index (χ3v) is 4.51. The first-order valence-corrected chi connectivity index (χ1v) is 9.24. The molecule has 1 atom stereocenters. The van der Waals surface area contributed by atoms with E-state index in [1.807, 2.05) is 0 Å². The van der Waals surface area contributed by atoms with E-state index in [-0.39, 0.29) is 11.7 Å². The van der Waals surface area contributed by atoms with Crippen molar-refractivity contribution in [3.8, 4) is 11.5 Å². The normalized spacial score (nSPS) is 15.7. The van der Waals surface area contributed by atoms with Crippen molar-refractivity contribution in [2.45, 2.75) is 18.9 Å². The number of hydrazine groups is 1. The van der Waals surface area contributed by atoms with Crippen molar-refractivity contribution >= 4 is 23.4 Å². The van der Waals surface area contributed by atoms with Crippen LogP contribution in [0.25, 0.3) is 0 Å². The summed E-state index contributed by atoms with van der Waals surface area (Å²) < 4.78 is 16.4. The first kappa shape index (κ1) is 20.0. The predicted octanol–water partition coefficient (Wildman–Crippen LogP) is 2.98. The van der Waals surface area contributed by atoms with E-state index in [2.05, 4.69) is 10.9 Å². The Labute approximate surface area is 167 Å². The highest BCUT2D eigenvalue weighted by Crippen LogP contribution is 2.23. The minimum atomic E-state index is -0.551. The third-order valence-electron chi connectivity index (χ3n) is 4.28. The van der Waals surface area contributed by atoms with E-state index in [9.17, 15) is 9.59 Å². The molecule has 1 saturated heterocycles. The summed E-state index contributed by atoms with van der Waals surface area (Å²) in [6, 6.07) is 11.5. The number of hydrogen-bond acceptors (Lipinski definition) is 5. The van der Waals surface area contributed by atoms with E-state index in [1.54, 1.807) is 36.4 Å². The lowest BCUT2D eigenvalue weighted by Crippen LogP contribution is -2.42. The van der Waals surface area contributed by atoms with Gasteiger partial charge in [0.2, 0.25) is 0 Å². The van der Waals surface area contributed by atoms with Crippen molar-refractivity contribution in [3.05, 3.63) is 58.6 Å². The van der Waals surface area contributed by atoms with E-state index in [0.29, 0.717) is 28.7 Å². The van der Waals surface area contributed by atoms with E-state index >= 15 is 0 Å². The molecule has 1 unspecified atom stereocenters. The number of ether oxygens (including phenoxy) is 3. The number of methoxy groups -OCH3 is 1. The quantitative estimate of drug-likeness (QED) is 0.723. The van der Waals surface area contributed by atoms with Gasteiger partial charge in [-0.25, -0.2) is 0 Å². The lowest BCUT2D eigenvalue weighted by Gasteiger charge is -2.15. The van der Waals surface area contributed by atoms with Gasteiger partial charge in [-0.05, 0) is 43.2 Å². The molecule has 0 bridgehead atoms. The molecular formula is C20H21ClN2O5. The van der Waals surface area contributed by atoms with Crippen LogP contribution in [0.5, 0.6) is 11.5 Å². The molecule has 1 aliphatic heterocycles. The standard InChI is InChI=1S/C20H21ClN2O5/c1-26-17-9-8-13(21)11-16(17)20(25)23-22-19(24)15-6-2-3-7-18(15)28-12-14-5-4-10-27-14/h2-3,6-9,11,14H,4-5,10,12H2,1H3,(H,22,24)(H,23,25). The van der Waals surface area contributed by atoms with Gasteiger partial charge in [0.1, 0.15) is 18.1 Å². The van der Waals surface area contributed by atoms with Crippen molar-refractivity contribution in [1.82, 2.24) is 10.9 Å². The van der Waals surface area contributed by atoms with Gasteiger partial charge in [0, 0.05) is 11.6 Å². The summed E-state index contributed by atoms with van der Waals surface area (Å²) in [5.41, 5.74) is 5.27. The molecule has 1 heterocycles. The van der Waals surface area contributed by atoms with Crippen LogP contribution in [0, 0.1) is 0 Å². The van der Waals surface area contributed by atoms with Gasteiger partial charge in [-0.2, -0.15) is 0 Å². The summed E-state index contributed by atoms with van der Waals surface area (Å²) in [6.45, 7) is 1.10. The van der Waals surface area contributed by atoms with Crippen LogP contribution in [0.1, 0.15) is 33.6 Å². The molecule has 1 fully saturated rings. The highest BCUT2D eigenvalue weighted by atomic mass is 35.5. The molecule has 2 N–H and O–H groups in total. The Morgan fingerprint density at radius 3 is 2.57 bits per heavy atom. The van der Waals surface area contributed by atoms with Gasteiger partial charge < -0.3 is 14.2 Å². The molecule has 2 aromatic rings. The van der Waals surface area contributed by atoms with Crippen molar-refractivity contribution in [1.29, 1.82) is 0 Å². The fourth-order valence-electron chi connectivity index (χ4n) is 2.84. The molecule has 0 saturated carbocycles. The van der Waals surface area contributed by atoms with Crippen LogP contribution in [-0.4, -0.2) is 38.2 Å². The summed E-state index contributed by atoms with van der Waals surface area (Å²) in [5, 5.41) is 0.380. The van der Waals surface area contributed by atoms with E-state index in [1.165, 1.54) is 13.2 Å². The first-order valence-electron chi connectivity index (χ1n) is 8.86. The molecule has 7 nitrogen and oxygen atoms in total. The molecule has 0 spiro atoms. The molecule has 2 aromatic carbocycles. The minimum absolute atomic E-state index is 0.0334. The Morgan fingerprint density at radius 1 is 1.11 bits per heavy atom. The van der Waals surface area contributed by atoms with E-state index < -0.39 is 11.8 Å². The average molecular weight is 405 g/mol. The van der Waals surface area contributed by atoms with Crippen molar-refractivity contribution < 1.29 is 23.8 Å². The summed E-state index contributed by atoms with van der Waals surface area (Å²) in [4.78, 5) is 24.9. The van der Waals surface area contributed by atoms with Gasteiger partial charge >= 0.3 is 0 Å². The van der Waals surface area contributed by atoms with Crippen LogP contribution >= 0.6 is 11.6 Å². The third kappa shape index (κ3) is 4.94. The van der Waals surface area contributed by atoms with E-state index in [4.69, 9.17) is 25.8 Å². The van der Waals surface area contributed by atoms with E-state index in [0.717, 1.165) is 19.4 Å². The van der Waals surface area contributed by atoms with Crippen LogP contribution in [-0.2, 0) is 4.74 Å². The number of amides is 2. The largest absolute Gasteiger partial charge is 0.496 e. The smallest absolute Gasteiger partial charge is 0.273 e. The van der Waals surface area contributed by atoms with Crippen LogP contribution in [0.3, 0.4) is 0 Å². The zero-order chi connectivity index (χ0) is 19.9. The summed E-state index contributed by atoms with van der Waals surface area (Å²) in [7, 11) is 1.44. The Bertz CT molecular complexity index is 852. The fourth-order valence-corrected chi connectivity index (χ4v) is 3.02. The highest BCUT2D eigenvalue weighted by molar-refractivity contribution is 6.31. The average Bonchev–Trinajstić information content (AvgIpc) is 3.24. The lowest BCUT2D eigenvalue weighted by atomic mass is 10.2. The Kier molecular flexibility index (Phi) is 6.73. The van der Waals surface area contributed by atoms with Gasteiger partial charge in [0.15, 0.2) is 0 Å². The Balaban J connectivity index is 1.63. The maximum atomic E-state index is 12.5. The molecule has 1 aliphatic rings. The monoisotopic (exact) mass is 404 g/mol. The summed E-state index contributed by atoms with van der Waals surface area (Å²) in [5.74, 6) is -0.288. The molecular weight excluding hydrogens is 384 g/mol. The zero-order valence-corrected chi connectivity index (χ0v) is 16.1. The number of rotatable bonds is 6. The van der Waals surface area contributed by atoms with Crippen molar-refractivity contribution in [3.63, 3.8) is 0 Å². The second kappa shape index (κ2) is 9.43. The van der Waals surface area contributed by atoms with Gasteiger partial charge in [-0.15, -0.1) is 0 Å². The van der Waals surface area contributed by atoms with Crippen molar-refractivity contribution in [2.75, 3.05) is 20.3 Å². The van der Waals surface area contributed by atoms with Gasteiger partial charge in [-0.1, -0.05) is 23.7 Å². The molecule has 148 valence electrons. The summed E-state index contributed by atoms with van der Waals surface area (Å²) in [6.07, 6.45) is 1.98. The number of benzene rings is 2. The molecule has 0 aromatic heterocycles. The van der Waals surface area contributed by atoms with Crippen molar-refractivity contribution in [2.24, 2.45) is 0 Å². The Morgan fingerprint density at radius 2 is 1.86 bits per heavy atom. The second-order valence-corrected chi connectivity index (χ2v) is 6.63. The maximum absolute atomic E-state index is 12.5. The van der Waals surface area contributed by atoms with Crippen LogP contribution in [0.2, 0.25) is 5.02 Å². The minimum Gasteiger partial charge on any atom is -0.496 e. The number of carbonyl (C=O) groups excluding carboxylic acids is 2. The number of hydrogen-bond donors (Lipinski definition) is 2. The molecule has 2 amide bonds. The van der Waals surface area contributed by atoms with Gasteiger partial charge in [0.05, 0.1) is 24.3 Å². The Hall–Kier alpha value is -2.77. The number of halogens is 1. The van der Waals surface area contributed by atoms with Crippen LogP contribution in [0.15, 0.2) is 42.5 Å². The SMILES string of the molecule is COc1ccc(Cl)cc1C(=O)NNC(=O)c1ccccc1OCC1CCCO1. The molecule has 0 radical (unpaired) electrons. The highest BCUT2D eigenvalue weighted by Gasteiger charge is 2.19. The van der Waals surface area contributed by atoms with Crippen LogP contribution in [0.4, 0.5) is 0 Å². The molecule has 28 heavy (non-hydrogen) atoms. The lowest BCUT2D eigenvalue weighted by molar-refractivity contribution is 0.0669. The number of nitrogens with one attached hydrogen (secondary N) is 2. The second-order valence-electron chi connectivity index (χ2n) is 6.20. The molecule has 0 aliphatic carbocycles. The number of para-hydroxylation sites is 1. The summed E-state index contributed by atoms with van der Waals surface area (Å²) >= 11 is 5.94. The predicted molar refractivity (Wildman–Crippen MR) is 104 cm³/mol. The first-order chi connectivity index (χ1) is 13.6. The molecule has 8 heteroatoms. The maximum Gasteiger partial charge on any atom is 0.273 e. The topological polar surface area (TPSA) is 85.9 Å². The zero-order valence-electron chi connectivity index (χ0n) is 15.4. The molecule has 3 rings (SSSR count). The van der Waals surface area contributed by atoms with Crippen LogP contribution < -0.4 is 20.3 Å². The van der Waals surface area contributed by atoms with Gasteiger partial charge in [0.25, 0.3) is 11.8 Å². The van der Waals surface area contributed by atoms with Gasteiger partial charge in [-0.3, -0.25) is 20.4 Å².